The van der Waals surface area contributed by atoms with E-state index in [9.17, 15) is 27.9 Å². The molecule has 2 aliphatic rings. The molecule has 16 heteroatoms. The van der Waals surface area contributed by atoms with Gasteiger partial charge in [0.05, 0.1) is 36.7 Å². The van der Waals surface area contributed by atoms with Gasteiger partial charge in [0.25, 0.3) is 5.91 Å². The third kappa shape index (κ3) is 8.04. The van der Waals surface area contributed by atoms with Gasteiger partial charge in [0, 0.05) is 33.2 Å². The topological polar surface area (TPSA) is 135 Å². The Balaban J connectivity index is 1.49. The van der Waals surface area contributed by atoms with Crippen LogP contribution in [0.4, 0.5) is 23.8 Å². The number of likely N-dealkylation sites (tertiary alicyclic amines) is 2. The van der Waals surface area contributed by atoms with Crippen molar-refractivity contribution in [2.24, 2.45) is 0 Å². The fourth-order valence-corrected chi connectivity index (χ4v) is 6.43. The zero-order chi connectivity index (χ0) is 34.3. The van der Waals surface area contributed by atoms with E-state index in [2.05, 4.69) is 40.0 Å². The van der Waals surface area contributed by atoms with Crippen molar-refractivity contribution in [3.05, 3.63) is 47.4 Å². The van der Waals surface area contributed by atoms with Crippen LogP contribution in [0.25, 0.3) is 11.0 Å². The van der Waals surface area contributed by atoms with Gasteiger partial charge in [-0.2, -0.15) is 5.10 Å². The molecule has 0 spiro atoms. The number of halogens is 3. The van der Waals surface area contributed by atoms with Crippen molar-refractivity contribution in [1.82, 2.24) is 29.5 Å². The molecule has 2 aromatic heterocycles. The van der Waals surface area contributed by atoms with Crippen LogP contribution in [0.1, 0.15) is 49.3 Å². The normalized spacial score (nSPS) is 21.9. The molecule has 5 rings (SSSR count). The average Bonchev–Trinajstić information content (AvgIpc) is 3.66. The minimum Gasteiger partial charge on any atom is -0.444 e. The number of benzene rings is 1. The molecule has 256 valence electrons. The predicted octanol–water partition coefficient (Wildman–Crippen LogP) is 4.73. The Bertz CT molecular complexity index is 1630. The van der Waals surface area contributed by atoms with Crippen molar-refractivity contribution < 1.29 is 37.3 Å². The van der Waals surface area contributed by atoms with E-state index >= 15 is 0 Å². The molecule has 2 saturated heterocycles. The van der Waals surface area contributed by atoms with Crippen LogP contribution in [0.15, 0.2) is 24.5 Å². The van der Waals surface area contributed by atoms with Crippen molar-refractivity contribution in [3.8, 4) is 0 Å². The molecule has 1 aromatic carbocycles. The maximum absolute atomic E-state index is 14.9. The second kappa shape index (κ2) is 13.4. The van der Waals surface area contributed by atoms with Crippen LogP contribution < -0.4 is 5.32 Å². The van der Waals surface area contributed by atoms with Gasteiger partial charge in [-0.1, -0.05) is 19.6 Å². The molecule has 2 fully saturated rings. The summed E-state index contributed by atoms with van der Waals surface area (Å²) in [5.41, 5.74) is -0.777. The zero-order valence-corrected chi connectivity index (χ0v) is 28.5. The number of anilines is 1. The number of alkyl halides is 1. The molecule has 12 nitrogen and oxygen atoms in total. The maximum Gasteiger partial charge on any atom is 0.410 e. The minimum absolute atomic E-state index is 0.00331. The van der Waals surface area contributed by atoms with Gasteiger partial charge in [0.15, 0.2) is 11.3 Å². The Hall–Kier alpha value is -3.76. The van der Waals surface area contributed by atoms with Crippen molar-refractivity contribution in [3.63, 3.8) is 0 Å². The molecule has 3 aromatic rings. The van der Waals surface area contributed by atoms with E-state index in [1.54, 1.807) is 20.8 Å². The quantitative estimate of drug-likeness (QED) is 0.243. The largest absolute Gasteiger partial charge is 0.444 e. The van der Waals surface area contributed by atoms with Crippen LogP contribution in [-0.2, 0) is 16.2 Å². The highest BCUT2D eigenvalue weighted by Gasteiger charge is 2.41. The Kier molecular flexibility index (Phi) is 9.85. The lowest BCUT2D eigenvalue weighted by molar-refractivity contribution is 0.0270. The molecule has 0 radical (unpaired) electrons. The lowest BCUT2D eigenvalue weighted by Crippen LogP contribution is -2.36. The molecule has 4 atom stereocenters. The fraction of sp³-hybridized carbons (Fsp3) is 0.581. The fourth-order valence-electron chi connectivity index (χ4n) is 5.68. The average molecular weight is 678 g/mol. The summed E-state index contributed by atoms with van der Waals surface area (Å²) in [6.45, 7) is 12.0. The Morgan fingerprint density at radius 1 is 1.13 bits per heavy atom. The maximum atomic E-state index is 14.9. The van der Waals surface area contributed by atoms with Gasteiger partial charge in [-0.25, -0.2) is 32.6 Å². The number of nitrogens with zero attached hydrogens (tertiary/aromatic N) is 6. The summed E-state index contributed by atoms with van der Waals surface area (Å²) in [5, 5.41) is 18.7. The van der Waals surface area contributed by atoms with E-state index in [0.717, 1.165) is 29.1 Å². The number of aliphatic hydroxyl groups excluding tert-OH is 1. The number of hydrogen-bond donors (Lipinski definition) is 2. The first-order chi connectivity index (χ1) is 22.0. The van der Waals surface area contributed by atoms with Gasteiger partial charge >= 0.3 is 6.09 Å². The SMILES string of the molecule is CC(C)(C)OC(=O)N1C[C@@H](O)[C@H](Nc2ncnc3c2c(C(=O)N2C[C@@H](F)C[C@@H]2c2cc(F)ccc2F)nn3COCC[Si](C)(C)C)C1. The van der Waals surface area contributed by atoms with Crippen LogP contribution in [0.3, 0.4) is 0 Å². The van der Waals surface area contributed by atoms with Gasteiger partial charge < -0.3 is 29.7 Å². The van der Waals surface area contributed by atoms with E-state index < -0.39 is 61.7 Å². The molecule has 2 N–H and O–H groups in total. The number of rotatable bonds is 9. The van der Waals surface area contributed by atoms with Crippen LogP contribution in [-0.4, -0.2) is 105 Å². The van der Waals surface area contributed by atoms with Crippen LogP contribution in [0, 0.1) is 11.6 Å². The monoisotopic (exact) mass is 677 g/mol. The predicted molar refractivity (Wildman–Crippen MR) is 170 cm³/mol. The summed E-state index contributed by atoms with van der Waals surface area (Å²) < 4.78 is 56.7. The molecule has 47 heavy (non-hydrogen) atoms. The molecule has 0 unspecified atom stereocenters. The first kappa shape index (κ1) is 34.6. The highest BCUT2D eigenvalue weighted by atomic mass is 28.3. The first-order valence-corrected chi connectivity index (χ1v) is 19.3. The summed E-state index contributed by atoms with van der Waals surface area (Å²) >= 11 is 0. The van der Waals surface area contributed by atoms with Gasteiger partial charge in [-0.3, -0.25) is 4.79 Å². The number of carbonyl (C=O) groups is 2. The second-order valence-corrected chi connectivity index (χ2v) is 19.9. The number of aliphatic hydroxyl groups is 1. The van der Waals surface area contributed by atoms with Crippen LogP contribution in [0.5, 0.6) is 0 Å². The molecule has 2 aliphatic heterocycles. The summed E-state index contributed by atoms with van der Waals surface area (Å²) in [4.78, 5) is 38.2. The number of hydrogen-bond acceptors (Lipinski definition) is 9. The standard InChI is InChI=1S/C31H42F3N7O5Si/c1-31(2,3)46-30(44)39-14-22(24(42)15-39)37-27-25-26(38-41(28(25)36-16-35-27)17-45-9-10-47(4,5)6)29(43)40-13-19(33)12-23(40)20-11-18(32)7-8-21(20)34/h7-8,11,16,19,22-24,42H,9-10,12-15,17H2,1-6H3,(H,35,36,37)/t19-,22+,23+,24+/m0/s1. The molecule has 4 heterocycles. The molecule has 0 saturated carbocycles. The highest BCUT2D eigenvalue weighted by molar-refractivity contribution is 6.76. The van der Waals surface area contributed by atoms with Gasteiger partial charge in [-0.15, -0.1) is 0 Å². The first-order valence-electron chi connectivity index (χ1n) is 15.6. The Morgan fingerprint density at radius 2 is 1.87 bits per heavy atom. The van der Waals surface area contributed by atoms with E-state index in [1.807, 2.05) is 0 Å². The Morgan fingerprint density at radius 3 is 2.57 bits per heavy atom. The highest BCUT2D eigenvalue weighted by Crippen LogP contribution is 2.38. The van der Waals surface area contributed by atoms with Gasteiger partial charge in [-0.05, 0) is 45.0 Å². The van der Waals surface area contributed by atoms with Crippen molar-refractivity contribution in [2.45, 2.75) is 89.6 Å². The lowest BCUT2D eigenvalue weighted by Gasteiger charge is -2.25. The summed E-state index contributed by atoms with van der Waals surface area (Å²) in [6, 6.07) is 1.98. The number of aromatic nitrogens is 4. The van der Waals surface area contributed by atoms with E-state index in [1.165, 1.54) is 15.9 Å². The molecule has 0 bridgehead atoms. The number of β-amino-alcohol motifs (C(OH)–C–C–N with tert-alkyl or cyclic N) is 1. The minimum atomic E-state index is -1.48. The number of fused-ring (bicyclic) bond motifs is 1. The van der Waals surface area contributed by atoms with Gasteiger partial charge in [0.1, 0.15) is 42.3 Å². The number of ether oxygens (including phenoxy) is 2. The smallest absolute Gasteiger partial charge is 0.410 e. The number of nitrogens with one attached hydrogen (secondary N) is 1. The van der Waals surface area contributed by atoms with Crippen molar-refractivity contribution in [2.75, 3.05) is 31.6 Å². The molecular formula is C31H42F3N7O5Si. The molecule has 0 aliphatic carbocycles. The lowest BCUT2D eigenvalue weighted by atomic mass is 10.0. The number of amides is 2. The zero-order valence-electron chi connectivity index (χ0n) is 27.5. The van der Waals surface area contributed by atoms with E-state index in [-0.39, 0.29) is 60.9 Å². The van der Waals surface area contributed by atoms with E-state index in [4.69, 9.17) is 9.47 Å². The van der Waals surface area contributed by atoms with Crippen molar-refractivity contribution in [1.29, 1.82) is 0 Å². The summed E-state index contributed by atoms with van der Waals surface area (Å²) in [7, 11) is -1.40. The Labute approximate surface area is 272 Å². The second-order valence-electron chi connectivity index (χ2n) is 14.3. The third-order valence-electron chi connectivity index (χ3n) is 8.03. The third-order valence-corrected chi connectivity index (χ3v) is 9.74. The summed E-state index contributed by atoms with van der Waals surface area (Å²) in [6.07, 6.45) is -2.02. The number of carbonyl (C=O) groups excluding carboxylic acids is 2. The van der Waals surface area contributed by atoms with Crippen molar-refractivity contribution >= 4 is 36.9 Å². The van der Waals surface area contributed by atoms with Crippen LogP contribution >= 0.6 is 0 Å². The molecule has 2 amide bonds. The van der Waals surface area contributed by atoms with Gasteiger partial charge in [0.2, 0.25) is 0 Å². The molecular weight excluding hydrogens is 635 g/mol. The summed E-state index contributed by atoms with van der Waals surface area (Å²) in [5.74, 6) is -2.06. The van der Waals surface area contributed by atoms with Crippen LogP contribution in [0.2, 0.25) is 25.7 Å². The van der Waals surface area contributed by atoms with E-state index in [0.29, 0.717) is 6.61 Å².